The van der Waals surface area contributed by atoms with Gasteiger partial charge in [0.2, 0.25) is 5.70 Å². The van der Waals surface area contributed by atoms with E-state index in [1.807, 2.05) is 0 Å². The minimum Gasteiger partial charge on any atom is -0.390 e. The smallest absolute Gasteiger partial charge is 0.390 e. The molecule has 0 aromatic carbocycles. The molecule has 19 heavy (non-hydrogen) atoms. The molecule has 0 saturated carbocycles. The zero-order chi connectivity index (χ0) is 14.7. The van der Waals surface area contributed by atoms with E-state index >= 15 is 0 Å². The van der Waals surface area contributed by atoms with Gasteiger partial charge in [-0.25, -0.2) is 0 Å². The Morgan fingerprint density at radius 2 is 1.74 bits per heavy atom. The van der Waals surface area contributed by atoms with E-state index in [-0.39, 0.29) is 17.8 Å². The molecule has 0 bridgehead atoms. The highest BCUT2D eigenvalue weighted by Gasteiger charge is 2.29. The van der Waals surface area contributed by atoms with Gasteiger partial charge in [-0.2, -0.15) is 0 Å². The molecule has 0 amide bonds. The van der Waals surface area contributed by atoms with Crippen LogP contribution in [-0.2, 0) is 6.54 Å². The van der Waals surface area contributed by atoms with Crippen LogP contribution in [0.2, 0.25) is 0 Å². The van der Waals surface area contributed by atoms with E-state index in [4.69, 9.17) is 0 Å². The molecule has 0 aliphatic carbocycles. The van der Waals surface area contributed by atoms with Gasteiger partial charge >= 0.3 is 11.9 Å². The van der Waals surface area contributed by atoms with Crippen molar-refractivity contribution in [2.45, 2.75) is 20.4 Å². The largest absolute Gasteiger partial charge is 0.508 e. The summed E-state index contributed by atoms with van der Waals surface area (Å²) in [5.41, 5.74) is -0.0413. The fraction of sp³-hybridized carbons (Fsp3) is 0.429. The van der Waals surface area contributed by atoms with Crippen LogP contribution in [0.25, 0.3) is 0 Å². The number of nitro groups is 3. The van der Waals surface area contributed by atoms with Gasteiger partial charge in [-0.3, -0.25) is 10.1 Å². The molecule has 12 nitrogen and oxygen atoms in total. The first-order valence-corrected chi connectivity index (χ1v) is 4.78. The van der Waals surface area contributed by atoms with E-state index in [2.05, 4.69) is 10.1 Å². The van der Waals surface area contributed by atoms with Gasteiger partial charge in [0.25, 0.3) is 0 Å². The molecule has 0 fully saturated rings. The highest BCUT2D eigenvalue weighted by Crippen LogP contribution is 2.16. The minimum atomic E-state index is -0.983. The normalized spacial score (nSPS) is 11.9. The van der Waals surface area contributed by atoms with Gasteiger partial charge in [-0.05, 0) is 16.8 Å². The molecule has 102 valence electrons. The highest BCUT2D eigenvalue weighted by atomic mass is 16.6. The quantitative estimate of drug-likeness (QED) is 0.557. The van der Waals surface area contributed by atoms with Gasteiger partial charge in [-0.1, -0.05) is 4.68 Å². The lowest BCUT2D eigenvalue weighted by molar-refractivity contribution is -0.425. The van der Waals surface area contributed by atoms with Crippen molar-refractivity contribution >= 4 is 11.9 Å². The van der Waals surface area contributed by atoms with Crippen LogP contribution in [0, 0.1) is 30.3 Å². The number of aromatic nitrogens is 3. The van der Waals surface area contributed by atoms with Crippen LogP contribution in [0.5, 0.6) is 0 Å². The number of hydrogen-bond acceptors (Lipinski definition) is 8. The van der Waals surface area contributed by atoms with Gasteiger partial charge in [0.1, 0.15) is 6.54 Å². The summed E-state index contributed by atoms with van der Waals surface area (Å²) >= 11 is 0. The summed E-state index contributed by atoms with van der Waals surface area (Å²) in [7, 11) is 0. The molecule has 0 spiro atoms. The molecule has 1 rings (SSSR count). The Balaban J connectivity index is 3.20. The van der Waals surface area contributed by atoms with Crippen LogP contribution >= 0.6 is 0 Å². The van der Waals surface area contributed by atoms with Gasteiger partial charge in [0.15, 0.2) is 0 Å². The molecular weight excluding hydrogens is 264 g/mol. The summed E-state index contributed by atoms with van der Waals surface area (Å²) < 4.78 is 0.639. The number of rotatable bonds is 5. The lowest BCUT2D eigenvalue weighted by Crippen LogP contribution is -2.09. The van der Waals surface area contributed by atoms with Crippen LogP contribution in [0.4, 0.5) is 11.9 Å². The number of nitrogens with zero attached hydrogens (tertiary/aromatic N) is 6. The second kappa shape index (κ2) is 5.16. The van der Waals surface area contributed by atoms with Crippen molar-refractivity contribution in [2.24, 2.45) is 0 Å². The Hall–Kier alpha value is -2.92. The summed E-state index contributed by atoms with van der Waals surface area (Å²) in [6.45, 7) is 2.26. The van der Waals surface area contributed by atoms with Crippen LogP contribution in [0.1, 0.15) is 13.8 Å². The van der Waals surface area contributed by atoms with Crippen LogP contribution in [0.3, 0.4) is 0 Å². The SMILES string of the molecule is C/C(Cn1nc([N+](=O)[O-])nc1[N+](=O)[O-])=C(\C)[N+](=O)[O-]. The van der Waals surface area contributed by atoms with Gasteiger partial charge < -0.3 is 20.2 Å². The number of allylic oxidation sites excluding steroid dienone is 2. The Bertz CT molecular complexity index is 589. The second-order valence-electron chi connectivity index (χ2n) is 3.51. The first-order valence-electron chi connectivity index (χ1n) is 4.78. The van der Waals surface area contributed by atoms with E-state index in [9.17, 15) is 30.3 Å². The van der Waals surface area contributed by atoms with E-state index < -0.39 is 26.7 Å². The van der Waals surface area contributed by atoms with Crippen LogP contribution in [-0.4, -0.2) is 29.5 Å². The van der Waals surface area contributed by atoms with Crippen LogP contribution < -0.4 is 0 Å². The van der Waals surface area contributed by atoms with Crippen molar-refractivity contribution in [2.75, 3.05) is 0 Å². The van der Waals surface area contributed by atoms with Crippen LogP contribution in [0.15, 0.2) is 11.3 Å². The minimum absolute atomic E-state index is 0.174. The molecule has 0 radical (unpaired) electrons. The maximum atomic E-state index is 10.7. The maximum Gasteiger partial charge on any atom is 0.508 e. The third-order valence-electron chi connectivity index (χ3n) is 2.25. The topological polar surface area (TPSA) is 160 Å². The average Bonchev–Trinajstić information content (AvgIpc) is 2.71. The predicted octanol–water partition coefficient (Wildman–Crippen LogP) is 0.665. The highest BCUT2D eigenvalue weighted by molar-refractivity contribution is 5.16. The molecule has 0 aliphatic rings. The maximum absolute atomic E-state index is 10.7. The zero-order valence-corrected chi connectivity index (χ0v) is 9.84. The van der Waals surface area contributed by atoms with Crippen molar-refractivity contribution in [1.29, 1.82) is 0 Å². The molecule has 12 heteroatoms. The average molecular weight is 272 g/mol. The van der Waals surface area contributed by atoms with E-state index in [0.29, 0.717) is 4.68 Å². The molecule has 1 aromatic heterocycles. The Labute approximate surface area is 104 Å². The predicted molar refractivity (Wildman–Crippen MR) is 58.7 cm³/mol. The summed E-state index contributed by atoms with van der Waals surface area (Å²) in [4.78, 5) is 32.2. The second-order valence-corrected chi connectivity index (χ2v) is 3.51. The summed E-state index contributed by atoms with van der Waals surface area (Å²) in [6.07, 6.45) is 0. The first-order chi connectivity index (χ1) is 8.73. The molecule has 0 aliphatic heterocycles. The fourth-order valence-electron chi connectivity index (χ4n) is 1.14. The van der Waals surface area contributed by atoms with Gasteiger partial charge in [-0.15, -0.1) is 0 Å². The lowest BCUT2D eigenvalue weighted by Gasteiger charge is -1.98. The van der Waals surface area contributed by atoms with Crippen molar-refractivity contribution < 1.29 is 14.8 Å². The lowest BCUT2D eigenvalue weighted by atomic mass is 10.2. The summed E-state index contributed by atoms with van der Waals surface area (Å²) in [6, 6.07) is 0. The Morgan fingerprint density at radius 1 is 1.16 bits per heavy atom. The molecule has 1 aromatic rings. The standard InChI is InChI=1S/C7H8N6O6/c1-4(5(2)11(14)15)3-10-7(13(18)19)8-6(9-10)12(16)17/h3H2,1-2H3/b5-4-. The van der Waals surface area contributed by atoms with Crippen molar-refractivity contribution in [3.63, 3.8) is 0 Å². The van der Waals surface area contributed by atoms with E-state index in [1.54, 1.807) is 0 Å². The molecule has 1 heterocycles. The third kappa shape index (κ3) is 3.05. The first kappa shape index (κ1) is 14.1. The fourth-order valence-corrected chi connectivity index (χ4v) is 1.14. The van der Waals surface area contributed by atoms with Crippen molar-refractivity contribution in [3.8, 4) is 0 Å². The van der Waals surface area contributed by atoms with Crippen molar-refractivity contribution in [3.05, 3.63) is 41.6 Å². The summed E-state index contributed by atoms with van der Waals surface area (Å²) in [5.74, 6) is -1.78. The van der Waals surface area contributed by atoms with E-state index in [1.165, 1.54) is 13.8 Å². The molecule has 0 N–H and O–H groups in total. The van der Waals surface area contributed by atoms with Gasteiger partial charge in [0.05, 0.1) is 10.0 Å². The third-order valence-corrected chi connectivity index (χ3v) is 2.25. The van der Waals surface area contributed by atoms with Crippen molar-refractivity contribution in [1.82, 2.24) is 14.8 Å². The van der Waals surface area contributed by atoms with E-state index in [0.717, 1.165) is 0 Å². The molecule has 0 unspecified atom stereocenters. The molecule has 0 saturated heterocycles. The zero-order valence-electron chi connectivity index (χ0n) is 9.84. The Morgan fingerprint density at radius 3 is 2.16 bits per heavy atom. The Kier molecular flexibility index (Phi) is 3.84. The molecule has 0 atom stereocenters. The molecular formula is C7H8N6O6. The summed E-state index contributed by atoms with van der Waals surface area (Å²) in [5, 5.41) is 34.9. The monoisotopic (exact) mass is 272 g/mol. The van der Waals surface area contributed by atoms with Gasteiger partial charge in [0, 0.05) is 17.5 Å². The number of hydrogen-bond donors (Lipinski definition) is 0.